The highest BCUT2D eigenvalue weighted by atomic mass is 32.2. The highest BCUT2D eigenvalue weighted by Crippen LogP contribution is 1.93. The van der Waals surface area contributed by atoms with Gasteiger partial charge in [0.25, 0.3) is 0 Å². The maximum atomic E-state index is 11.2. The average Bonchev–Trinajstić information content (AvgIpc) is 2.10. The lowest BCUT2D eigenvalue weighted by molar-refractivity contribution is 0.571. The van der Waals surface area contributed by atoms with Gasteiger partial charge in [-0.1, -0.05) is 0 Å². The maximum absolute atomic E-state index is 11.2. The number of hydrogen-bond acceptors (Lipinski definition) is 5. The molecule has 0 aliphatic heterocycles. The van der Waals surface area contributed by atoms with E-state index in [9.17, 15) is 16.8 Å². The maximum Gasteiger partial charge on any atom is 0.212 e. The number of sulfone groups is 1. The zero-order valence-corrected chi connectivity index (χ0v) is 10.2. The molecule has 0 aromatic carbocycles. The average molecular weight is 254 g/mol. The van der Waals surface area contributed by atoms with Gasteiger partial charge in [-0.15, -0.1) is 0 Å². The molecule has 1 unspecified atom stereocenters. The second-order valence-electron chi connectivity index (χ2n) is 3.33. The molecule has 0 aliphatic rings. The molecule has 0 saturated heterocycles. The summed E-state index contributed by atoms with van der Waals surface area (Å²) in [6.07, 6.45) is 0.973. The van der Waals surface area contributed by atoms with Gasteiger partial charge in [-0.2, -0.15) is 5.26 Å². The second-order valence-corrected chi connectivity index (χ2v) is 7.51. The lowest BCUT2D eigenvalue weighted by Gasteiger charge is -2.06. The van der Waals surface area contributed by atoms with Gasteiger partial charge in [0.05, 0.1) is 23.5 Å². The van der Waals surface area contributed by atoms with Gasteiger partial charge in [-0.05, 0) is 6.92 Å². The second kappa shape index (κ2) is 5.44. The van der Waals surface area contributed by atoms with Crippen LogP contribution < -0.4 is 4.72 Å². The van der Waals surface area contributed by atoms with Crippen LogP contribution >= 0.6 is 0 Å². The Morgan fingerprint density at radius 2 is 1.80 bits per heavy atom. The molecule has 1 atom stereocenters. The molecule has 0 fully saturated rings. The number of hydrogen-bond donors (Lipinski definition) is 1. The fraction of sp³-hybridized carbons (Fsp3) is 0.857. The molecule has 0 rings (SSSR count). The van der Waals surface area contributed by atoms with Crippen LogP contribution in [0.3, 0.4) is 0 Å². The van der Waals surface area contributed by atoms with Gasteiger partial charge in [0, 0.05) is 12.8 Å². The fourth-order valence-electron chi connectivity index (χ4n) is 0.631. The van der Waals surface area contributed by atoms with E-state index >= 15 is 0 Å². The predicted octanol–water partition coefficient (Wildman–Crippen LogP) is -0.890. The molecule has 0 saturated carbocycles. The Bertz CT molecular complexity index is 432. The number of rotatable bonds is 6. The molecule has 0 radical (unpaired) electrons. The van der Waals surface area contributed by atoms with Crippen LogP contribution in [0.15, 0.2) is 0 Å². The quantitative estimate of drug-likeness (QED) is 0.662. The highest BCUT2D eigenvalue weighted by Gasteiger charge is 2.14. The van der Waals surface area contributed by atoms with Crippen molar-refractivity contribution in [2.45, 2.75) is 6.92 Å². The normalized spacial score (nSPS) is 14.5. The first kappa shape index (κ1) is 14.3. The van der Waals surface area contributed by atoms with E-state index in [1.54, 1.807) is 6.92 Å². The summed E-state index contributed by atoms with van der Waals surface area (Å²) in [7, 11) is -6.89. The first-order valence-electron chi connectivity index (χ1n) is 4.21. The zero-order chi connectivity index (χ0) is 12.1. The van der Waals surface area contributed by atoms with E-state index in [1.807, 2.05) is 6.07 Å². The zero-order valence-electron chi connectivity index (χ0n) is 8.60. The predicted molar refractivity (Wildman–Crippen MR) is 56.3 cm³/mol. The van der Waals surface area contributed by atoms with E-state index in [1.165, 1.54) is 0 Å². The van der Waals surface area contributed by atoms with Gasteiger partial charge < -0.3 is 0 Å². The molecule has 1 N–H and O–H groups in total. The first-order valence-corrected chi connectivity index (χ1v) is 7.92. The topological polar surface area (TPSA) is 104 Å². The minimum absolute atomic E-state index is 0.00257. The molecule has 88 valence electrons. The SMILES string of the molecule is CC(C#N)CNS(=O)(=O)CCS(C)(=O)=O. The third-order valence-electron chi connectivity index (χ3n) is 1.55. The van der Waals surface area contributed by atoms with E-state index in [0.717, 1.165) is 6.26 Å². The Balaban J connectivity index is 4.17. The van der Waals surface area contributed by atoms with E-state index in [4.69, 9.17) is 5.26 Å². The van der Waals surface area contributed by atoms with Crippen molar-refractivity contribution in [3.63, 3.8) is 0 Å². The molecule has 6 nitrogen and oxygen atoms in total. The van der Waals surface area contributed by atoms with Crippen molar-refractivity contribution < 1.29 is 16.8 Å². The van der Waals surface area contributed by atoms with Crippen LogP contribution in [0.25, 0.3) is 0 Å². The van der Waals surface area contributed by atoms with Gasteiger partial charge in [-0.25, -0.2) is 21.6 Å². The Morgan fingerprint density at radius 3 is 2.20 bits per heavy atom. The third kappa shape index (κ3) is 8.35. The van der Waals surface area contributed by atoms with Crippen molar-refractivity contribution in [2.75, 3.05) is 24.3 Å². The van der Waals surface area contributed by atoms with Crippen molar-refractivity contribution >= 4 is 19.9 Å². The number of nitrogens with one attached hydrogen (secondary N) is 1. The van der Waals surface area contributed by atoms with Crippen LogP contribution in [0, 0.1) is 17.2 Å². The smallest absolute Gasteiger partial charge is 0.212 e. The lowest BCUT2D eigenvalue weighted by Crippen LogP contribution is -2.32. The Hall–Kier alpha value is -0.650. The van der Waals surface area contributed by atoms with Crippen molar-refractivity contribution in [1.82, 2.24) is 4.72 Å². The Kier molecular flexibility index (Phi) is 5.20. The molecule has 0 aromatic rings. The third-order valence-corrected chi connectivity index (χ3v) is 4.10. The van der Waals surface area contributed by atoms with Crippen molar-refractivity contribution in [2.24, 2.45) is 5.92 Å². The molecular weight excluding hydrogens is 240 g/mol. The molecule has 0 bridgehead atoms. The minimum Gasteiger partial charge on any atom is -0.229 e. The van der Waals surface area contributed by atoms with Crippen LogP contribution in [-0.4, -0.2) is 41.1 Å². The number of nitrogens with zero attached hydrogens (tertiary/aromatic N) is 1. The van der Waals surface area contributed by atoms with Crippen LogP contribution in [-0.2, 0) is 19.9 Å². The van der Waals surface area contributed by atoms with Crippen molar-refractivity contribution in [1.29, 1.82) is 5.26 Å². The Labute approximate surface area is 90.3 Å². The molecule has 0 aliphatic carbocycles. The summed E-state index contributed by atoms with van der Waals surface area (Å²) in [5.41, 5.74) is 0. The molecule has 0 amide bonds. The summed E-state index contributed by atoms with van der Waals surface area (Å²) in [4.78, 5) is 0. The van der Waals surface area contributed by atoms with Crippen LogP contribution in [0.5, 0.6) is 0 Å². The van der Waals surface area contributed by atoms with Crippen LogP contribution in [0.4, 0.5) is 0 Å². The summed E-state index contributed by atoms with van der Waals surface area (Å²) < 4.78 is 46.0. The molecular formula is C7H14N2O4S2. The van der Waals surface area contributed by atoms with Gasteiger partial charge in [0.2, 0.25) is 10.0 Å². The van der Waals surface area contributed by atoms with Crippen molar-refractivity contribution in [3.8, 4) is 6.07 Å². The molecule has 15 heavy (non-hydrogen) atoms. The molecule has 0 heterocycles. The van der Waals surface area contributed by atoms with Crippen LogP contribution in [0.2, 0.25) is 0 Å². The summed E-state index contributed by atoms with van der Waals surface area (Å²) in [5.74, 6) is -1.31. The standard InChI is InChI=1S/C7H14N2O4S2/c1-7(5-8)6-9-15(12,13)4-3-14(2,10)11/h7,9H,3-4,6H2,1-2H3. The van der Waals surface area contributed by atoms with Gasteiger partial charge >= 0.3 is 0 Å². The summed E-state index contributed by atoms with van der Waals surface area (Å²) in [6.45, 7) is 1.57. The van der Waals surface area contributed by atoms with E-state index < -0.39 is 37.3 Å². The molecule has 8 heteroatoms. The monoisotopic (exact) mass is 254 g/mol. The first-order chi connectivity index (χ1) is 6.66. The molecule has 0 spiro atoms. The summed E-state index contributed by atoms with van der Waals surface area (Å²) in [5, 5.41) is 8.41. The number of sulfonamides is 1. The lowest BCUT2D eigenvalue weighted by atomic mass is 10.2. The highest BCUT2D eigenvalue weighted by molar-refractivity contribution is 7.93. The molecule has 0 aromatic heterocycles. The van der Waals surface area contributed by atoms with E-state index in [2.05, 4.69) is 4.72 Å². The largest absolute Gasteiger partial charge is 0.229 e. The van der Waals surface area contributed by atoms with Crippen LogP contribution in [0.1, 0.15) is 6.92 Å². The van der Waals surface area contributed by atoms with Crippen molar-refractivity contribution in [3.05, 3.63) is 0 Å². The van der Waals surface area contributed by atoms with Gasteiger partial charge in [0.1, 0.15) is 9.84 Å². The Morgan fingerprint density at radius 1 is 1.27 bits per heavy atom. The summed E-state index contributed by atoms with van der Waals surface area (Å²) in [6, 6.07) is 1.86. The summed E-state index contributed by atoms with van der Waals surface area (Å²) >= 11 is 0. The van der Waals surface area contributed by atoms with Gasteiger partial charge in [0.15, 0.2) is 0 Å². The van der Waals surface area contributed by atoms with E-state index in [-0.39, 0.29) is 6.54 Å². The number of nitriles is 1. The minimum atomic E-state index is -3.60. The fourth-order valence-corrected chi connectivity index (χ4v) is 3.37. The van der Waals surface area contributed by atoms with Gasteiger partial charge in [-0.3, -0.25) is 0 Å². The van der Waals surface area contributed by atoms with E-state index in [0.29, 0.717) is 0 Å².